The van der Waals surface area contributed by atoms with E-state index in [1.807, 2.05) is 0 Å². The average Bonchev–Trinajstić information content (AvgIpc) is 3.10. The lowest BCUT2D eigenvalue weighted by Gasteiger charge is -1.97. The fourth-order valence-corrected chi connectivity index (χ4v) is 2.54. The van der Waals surface area contributed by atoms with Gasteiger partial charge in [0.15, 0.2) is 0 Å². The number of hydrogen-bond donors (Lipinski definition) is 1. The van der Waals surface area contributed by atoms with Gasteiger partial charge in [0.25, 0.3) is 0 Å². The number of rotatable bonds is 1. The van der Waals surface area contributed by atoms with Crippen molar-refractivity contribution in [2.75, 3.05) is 0 Å². The van der Waals surface area contributed by atoms with E-state index in [0.717, 1.165) is 5.92 Å². The molecule has 1 saturated carbocycles. The molecule has 1 aliphatic rings. The van der Waals surface area contributed by atoms with E-state index in [9.17, 15) is 0 Å². The molecule has 1 heterocycles. The van der Waals surface area contributed by atoms with Gasteiger partial charge in [-0.2, -0.15) is 0 Å². The van der Waals surface area contributed by atoms with E-state index in [4.69, 9.17) is 0 Å². The molecule has 3 aromatic rings. The largest absolute Gasteiger partial charge is 0.355 e. The third kappa shape index (κ3) is 1.12. The maximum absolute atomic E-state index is 3.46. The van der Waals surface area contributed by atoms with Crippen molar-refractivity contribution in [3.05, 3.63) is 48.0 Å². The van der Waals surface area contributed by atoms with Gasteiger partial charge < -0.3 is 4.98 Å². The van der Waals surface area contributed by atoms with Crippen LogP contribution in [0.15, 0.2) is 42.5 Å². The number of benzene rings is 2. The molecule has 1 N–H and O–H groups in total. The number of nitrogens with one attached hydrogen (secondary N) is 1. The summed E-state index contributed by atoms with van der Waals surface area (Å²) >= 11 is 0. The van der Waals surface area contributed by atoms with E-state index in [2.05, 4.69) is 47.4 Å². The minimum Gasteiger partial charge on any atom is -0.355 e. The van der Waals surface area contributed by atoms with Crippen LogP contribution in [0.2, 0.25) is 0 Å². The van der Waals surface area contributed by atoms with Gasteiger partial charge in [-0.25, -0.2) is 0 Å². The highest BCUT2D eigenvalue weighted by Gasteiger charge is 2.23. The highest BCUT2D eigenvalue weighted by molar-refractivity contribution is 6.07. The Hall–Kier alpha value is -1.76. The van der Waals surface area contributed by atoms with Crippen LogP contribution in [0.25, 0.3) is 21.8 Å². The van der Waals surface area contributed by atoms with Crippen molar-refractivity contribution in [2.45, 2.75) is 18.8 Å². The molecule has 1 aromatic heterocycles. The van der Waals surface area contributed by atoms with Gasteiger partial charge in [0.05, 0.1) is 0 Å². The Balaban J connectivity index is 2.10. The van der Waals surface area contributed by atoms with Crippen molar-refractivity contribution in [3.8, 4) is 0 Å². The second kappa shape index (κ2) is 2.88. The maximum Gasteiger partial charge on any atom is 0.0465 e. The van der Waals surface area contributed by atoms with Gasteiger partial charge in [0, 0.05) is 21.8 Å². The quantitative estimate of drug-likeness (QED) is 0.615. The van der Waals surface area contributed by atoms with Crippen LogP contribution < -0.4 is 0 Å². The van der Waals surface area contributed by atoms with E-state index in [1.165, 1.54) is 40.2 Å². The first-order chi connectivity index (χ1) is 7.92. The summed E-state index contributed by atoms with van der Waals surface area (Å²) in [6.45, 7) is 0. The van der Waals surface area contributed by atoms with E-state index in [1.54, 1.807) is 0 Å². The zero-order valence-corrected chi connectivity index (χ0v) is 9.03. The fraction of sp³-hybridized carbons (Fsp3) is 0.200. The summed E-state index contributed by atoms with van der Waals surface area (Å²) in [5.74, 6) is 0.832. The van der Waals surface area contributed by atoms with Crippen molar-refractivity contribution >= 4 is 21.8 Å². The summed E-state index contributed by atoms with van der Waals surface area (Å²) in [7, 11) is 0. The molecule has 0 amide bonds. The minimum atomic E-state index is 0.832. The van der Waals surface area contributed by atoms with E-state index < -0.39 is 0 Å². The summed E-state index contributed by atoms with van der Waals surface area (Å²) in [4.78, 5) is 3.46. The molecule has 0 unspecified atom stereocenters. The molecule has 2 aromatic carbocycles. The van der Waals surface area contributed by atoms with Crippen LogP contribution in [-0.4, -0.2) is 4.98 Å². The lowest BCUT2D eigenvalue weighted by molar-refractivity contribution is 1.14. The molecule has 78 valence electrons. The molecule has 0 bridgehead atoms. The van der Waals surface area contributed by atoms with Crippen molar-refractivity contribution < 1.29 is 0 Å². The monoisotopic (exact) mass is 207 g/mol. The van der Waals surface area contributed by atoms with Gasteiger partial charge in [-0.3, -0.25) is 0 Å². The summed E-state index contributed by atoms with van der Waals surface area (Å²) in [5, 5.41) is 2.72. The highest BCUT2D eigenvalue weighted by atomic mass is 14.7. The standard InChI is InChI=1S/C15H13N/c1-2-4-14-12(3-1)13-9-11(10-5-6-10)7-8-15(13)16-14/h1-4,7-10,16H,5-6H2. The Morgan fingerprint density at radius 3 is 2.56 bits per heavy atom. The fourth-order valence-electron chi connectivity index (χ4n) is 2.54. The number of fused-ring (bicyclic) bond motifs is 3. The first-order valence-corrected chi connectivity index (χ1v) is 5.92. The SMILES string of the molecule is c1ccc2c(c1)[nH]c1ccc(C3CC3)cc12. The Kier molecular flexibility index (Phi) is 1.51. The summed E-state index contributed by atoms with van der Waals surface area (Å²) < 4.78 is 0. The van der Waals surface area contributed by atoms with Crippen molar-refractivity contribution in [1.82, 2.24) is 4.98 Å². The Morgan fingerprint density at radius 2 is 1.69 bits per heavy atom. The predicted octanol–water partition coefficient (Wildman–Crippen LogP) is 4.20. The van der Waals surface area contributed by atoms with E-state index in [-0.39, 0.29) is 0 Å². The van der Waals surface area contributed by atoms with Gasteiger partial charge in [-0.05, 0) is 42.5 Å². The van der Waals surface area contributed by atoms with E-state index in [0.29, 0.717) is 0 Å². The van der Waals surface area contributed by atoms with Crippen molar-refractivity contribution in [1.29, 1.82) is 0 Å². The van der Waals surface area contributed by atoms with Gasteiger partial charge in [-0.15, -0.1) is 0 Å². The molecule has 0 radical (unpaired) electrons. The molecule has 16 heavy (non-hydrogen) atoms. The number of hydrogen-bond acceptors (Lipinski definition) is 0. The van der Waals surface area contributed by atoms with Crippen LogP contribution in [0, 0.1) is 0 Å². The van der Waals surface area contributed by atoms with Crippen molar-refractivity contribution in [2.24, 2.45) is 0 Å². The number of aromatic amines is 1. The topological polar surface area (TPSA) is 15.8 Å². The summed E-state index contributed by atoms with van der Waals surface area (Å²) in [6.07, 6.45) is 2.74. The smallest absolute Gasteiger partial charge is 0.0465 e. The second-order valence-electron chi connectivity index (χ2n) is 4.75. The van der Waals surface area contributed by atoms with Crippen LogP contribution in [0.4, 0.5) is 0 Å². The van der Waals surface area contributed by atoms with Gasteiger partial charge >= 0.3 is 0 Å². The molecule has 0 aliphatic heterocycles. The Morgan fingerprint density at radius 1 is 0.875 bits per heavy atom. The molecular formula is C15H13N. The molecule has 4 rings (SSSR count). The first kappa shape index (κ1) is 8.40. The normalized spacial score (nSPS) is 16.0. The third-order valence-corrected chi connectivity index (χ3v) is 3.58. The zero-order chi connectivity index (χ0) is 10.5. The Labute approximate surface area is 94.1 Å². The third-order valence-electron chi connectivity index (χ3n) is 3.58. The van der Waals surface area contributed by atoms with E-state index >= 15 is 0 Å². The minimum absolute atomic E-state index is 0.832. The highest BCUT2D eigenvalue weighted by Crippen LogP contribution is 2.41. The van der Waals surface area contributed by atoms with Crippen LogP contribution in [0.5, 0.6) is 0 Å². The lowest BCUT2D eigenvalue weighted by Crippen LogP contribution is -1.77. The molecule has 1 heteroatoms. The molecule has 1 fully saturated rings. The maximum atomic E-state index is 3.46. The molecular weight excluding hydrogens is 194 g/mol. The number of para-hydroxylation sites is 1. The summed E-state index contributed by atoms with van der Waals surface area (Å²) in [6, 6.07) is 15.4. The first-order valence-electron chi connectivity index (χ1n) is 5.92. The molecule has 0 spiro atoms. The van der Waals surface area contributed by atoms with Crippen LogP contribution >= 0.6 is 0 Å². The van der Waals surface area contributed by atoms with Crippen LogP contribution in [0.3, 0.4) is 0 Å². The summed E-state index contributed by atoms with van der Waals surface area (Å²) in [5.41, 5.74) is 4.01. The van der Waals surface area contributed by atoms with Crippen LogP contribution in [-0.2, 0) is 0 Å². The number of H-pyrrole nitrogens is 1. The molecule has 1 nitrogen and oxygen atoms in total. The molecule has 0 saturated heterocycles. The van der Waals surface area contributed by atoms with Crippen molar-refractivity contribution in [3.63, 3.8) is 0 Å². The lowest BCUT2D eigenvalue weighted by atomic mass is 10.1. The van der Waals surface area contributed by atoms with Gasteiger partial charge in [0.2, 0.25) is 0 Å². The predicted molar refractivity (Wildman–Crippen MR) is 67.8 cm³/mol. The van der Waals surface area contributed by atoms with Gasteiger partial charge in [-0.1, -0.05) is 24.3 Å². The van der Waals surface area contributed by atoms with Crippen LogP contribution in [0.1, 0.15) is 24.3 Å². The Bertz CT molecular complexity index is 674. The van der Waals surface area contributed by atoms with Gasteiger partial charge in [0.1, 0.15) is 0 Å². The average molecular weight is 207 g/mol. The molecule has 1 aliphatic carbocycles. The molecule has 0 atom stereocenters. The zero-order valence-electron chi connectivity index (χ0n) is 9.03. The second-order valence-corrected chi connectivity index (χ2v) is 4.75. The number of aromatic nitrogens is 1.